The van der Waals surface area contributed by atoms with E-state index >= 15 is 0 Å². The molecule has 1 aromatic heterocycles. The third-order valence-electron chi connectivity index (χ3n) is 2.87. The first-order valence-electron chi connectivity index (χ1n) is 6.89. The number of rotatable bonds is 5. The first-order chi connectivity index (χ1) is 11.3. The molecule has 0 spiro atoms. The van der Waals surface area contributed by atoms with Gasteiger partial charge < -0.3 is 25.6 Å². The number of aliphatic carboxylic acids is 2. The van der Waals surface area contributed by atoms with Crippen LogP contribution in [-0.2, 0) is 14.4 Å². The van der Waals surface area contributed by atoms with E-state index in [2.05, 4.69) is 26.8 Å². The van der Waals surface area contributed by atoms with Crippen molar-refractivity contribution in [2.24, 2.45) is 5.73 Å². The summed E-state index contributed by atoms with van der Waals surface area (Å²) >= 11 is 1.12. The molecule has 1 aliphatic heterocycles. The molecule has 0 atom stereocenters. The number of aromatic nitrogens is 2. The van der Waals surface area contributed by atoms with E-state index in [0.717, 1.165) is 42.5 Å². The van der Waals surface area contributed by atoms with Crippen molar-refractivity contribution in [2.75, 3.05) is 26.7 Å². The van der Waals surface area contributed by atoms with Crippen LogP contribution in [0.15, 0.2) is 6.08 Å². The summed E-state index contributed by atoms with van der Waals surface area (Å²) in [5.41, 5.74) is 6.98. The van der Waals surface area contributed by atoms with Crippen molar-refractivity contribution in [3.8, 4) is 5.88 Å². The van der Waals surface area contributed by atoms with E-state index in [9.17, 15) is 4.79 Å². The Kier molecular flexibility index (Phi) is 7.79. The number of carbonyl (C=O) groups excluding carboxylic acids is 1. The summed E-state index contributed by atoms with van der Waals surface area (Å²) < 4.78 is 13.8. The van der Waals surface area contributed by atoms with E-state index in [0.29, 0.717) is 5.88 Å². The second-order valence-electron chi connectivity index (χ2n) is 4.85. The minimum absolute atomic E-state index is 0.190. The first-order valence-corrected chi connectivity index (χ1v) is 7.62. The lowest BCUT2D eigenvalue weighted by Gasteiger charge is -2.22. The van der Waals surface area contributed by atoms with Crippen molar-refractivity contribution in [1.29, 1.82) is 0 Å². The summed E-state index contributed by atoms with van der Waals surface area (Å²) in [5.74, 6) is -3.52. The Hall–Kier alpha value is -2.53. The molecule has 0 aromatic carbocycles. The van der Waals surface area contributed by atoms with Gasteiger partial charge in [0.1, 0.15) is 5.69 Å². The monoisotopic (exact) mass is 358 g/mol. The Morgan fingerprint density at radius 1 is 1.33 bits per heavy atom. The molecule has 0 radical (unpaired) electrons. The van der Waals surface area contributed by atoms with E-state index in [1.165, 1.54) is 0 Å². The highest BCUT2D eigenvalue weighted by atomic mass is 32.1. The number of ether oxygens (including phenoxy) is 1. The van der Waals surface area contributed by atoms with Gasteiger partial charge in [-0.05, 0) is 19.0 Å². The second kappa shape index (κ2) is 9.57. The normalized spacial score (nSPS) is 14.1. The van der Waals surface area contributed by atoms with Crippen LogP contribution in [0.2, 0.25) is 0 Å². The molecule has 2 heterocycles. The number of carboxylic acid groups (broad SMARTS) is 2. The summed E-state index contributed by atoms with van der Waals surface area (Å²) in [5, 5.41) is 14.8. The number of hydrogen-bond donors (Lipinski definition) is 3. The quantitative estimate of drug-likeness (QED) is 0.599. The van der Waals surface area contributed by atoms with Gasteiger partial charge in [0.2, 0.25) is 5.91 Å². The van der Waals surface area contributed by atoms with Crippen LogP contribution < -0.4 is 10.5 Å². The number of hydrogen-bond acceptors (Lipinski definition) is 8. The average Bonchev–Trinajstić information content (AvgIpc) is 2.96. The van der Waals surface area contributed by atoms with Gasteiger partial charge >= 0.3 is 11.9 Å². The third kappa shape index (κ3) is 6.71. The number of amides is 1. The maximum atomic E-state index is 10.6. The average molecular weight is 358 g/mol. The van der Waals surface area contributed by atoms with Crippen LogP contribution in [0.25, 0.3) is 5.57 Å². The molecule has 0 saturated carbocycles. The van der Waals surface area contributed by atoms with Gasteiger partial charge in [0, 0.05) is 13.1 Å². The lowest BCUT2D eigenvalue weighted by Crippen LogP contribution is -2.25. The van der Waals surface area contributed by atoms with Gasteiger partial charge in [-0.1, -0.05) is 6.08 Å². The van der Waals surface area contributed by atoms with Crippen molar-refractivity contribution >= 4 is 35.1 Å². The highest BCUT2D eigenvalue weighted by molar-refractivity contribution is 6.99. The lowest BCUT2D eigenvalue weighted by molar-refractivity contribution is -0.159. The topological polar surface area (TPSA) is 156 Å². The Balaban J connectivity index is 0.000000413. The molecule has 4 N–H and O–H groups in total. The SMILES string of the molecule is CN1CCC=C(c2nsnc2OCCC(N)=O)C1.O=C(O)C(=O)O. The molecule has 1 aromatic rings. The number of likely N-dealkylation sites (N-methyl/N-ethyl adjacent to an activating group) is 1. The van der Waals surface area contributed by atoms with Gasteiger partial charge in [0.25, 0.3) is 5.88 Å². The second-order valence-corrected chi connectivity index (χ2v) is 5.38. The van der Waals surface area contributed by atoms with Crippen molar-refractivity contribution < 1.29 is 29.3 Å². The van der Waals surface area contributed by atoms with Crippen LogP contribution in [0.3, 0.4) is 0 Å². The maximum absolute atomic E-state index is 10.6. The minimum Gasteiger partial charge on any atom is -0.475 e. The highest BCUT2D eigenvalue weighted by Crippen LogP contribution is 2.26. The fourth-order valence-electron chi connectivity index (χ4n) is 1.78. The van der Waals surface area contributed by atoms with E-state index in [-0.39, 0.29) is 18.9 Å². The fraction of sp³-hybridized carbons (Fsp3) is 0.462. The summed E-state index contributed by atoms with van der Waals surface area (Å²) in [4.78, 5) is 31.1. The highest BCUT2D eigenvalue weighted by Gasteiger charge is 2.18. The molecule has 0 bridgehead atoms. The van der Waals surface area contributed by atoms with Gasteiger partial charge in [-0.2, -0.15) is 4.37 Å². The van der Waals surface area contributed by atoms with Gasteiger partial charge in [-0.3, -0.25) is 4.79 Å². The summed E-state index contributed by atoms with van der Waals surface area (Å²) in [6, 6.07) is 0. The van der Waals surface area contributed by atoms with Crippen LogP contribution >= 0.6 is 11.7 Å². The zero-order valence-electron chi connectivity index (χ0n) is 13.0. The van der Waals surface area contributed by atoms with Crippen molar-refractivity contribution in [3.05, 3.63) is 11.8 Å². The van der Waals surface area contributed by atoms with Crippen LogP contribution in [0.4, 0.5) is 0 Å². The third-order valence-corrected chi connectivity index (χ3v) is 3.39. The van der Waals surface area contributed by atoms with E-state index in [1.54, 1.807) is 0 Å². The Morgan fingerprint density at radius 3 is 2.54 bits per heavy atom. The van der Waals surface area contributed by atoms with E-state index in [1.807, 2.05) is 0 Å². The van der Waals surface area contributed by atoms with Gasteiger partial charge in [-0.25, -0.2) is 9.59 Å². The molecule has 11 heteroatoms. The van der Waals surface area contributed by atoms with Crippen LogP contribution in [0, 0.1) is 0 Å². The van der Waals surface area contributed by atoms with E-state index in [4.69, 9.17) is 30.3 Å². The molecule has 132 valence electrons. The zero-order chi connectivity index (χ0) is 18.1. The molecule has 0 aliphatic carbocycles. The van der Waals surface area contributed by atoms with Gasteiger partial charge in [0.15, 0.2) is 0 Å². The summed E-state index contributed by atoms with van der Waals surface area (Å²) in [6.07, 6.45) is 3.36. The predicted octanol–water partition coefficient (Wildman–Crippen LogP) is -0.333. The largest absolute Gasteiger partial charge is 0.475 e. The smallest absolute Gasteiger partial charge is 0.414 e. The number of nitrogens with zero attached hydrogens (tertiary/aromatic N) is 3. The van der Waals surface area contributed by atoms with Crippen molar-refractivity contribution in [3.63, 3.8) is 0 Å². The standard InChI is InChI=1S/C11H16N4O2S.C2H2O4/c1-15-5-2-3-8(7-15)10-11(14-18-13-10)17-6-4-9(12)16;3-1(4)2(5)6/h3H,2,4-7H2,1H3,(H2,12,16);(H,3,4)(H,5,6). The van der Waals surface area contributed by atoms with Crippen molar-refractivity contribution in [1.82, 2.24) is 13.6 Å². The van der Waals surface area contributed by atoms with Crippen LogP contribution in [0.5, 0.6) is 5.88 Å². The molecule has 24 heavy (non-hydrogen) atoms. The molecular formula is C13H18N4O6S. The van der Waals surface area contributed by atoms with E-state index < -0.39 is 11.9 Å². The van der Waals surface area contributed by atoms with Crippen molar-refractivity contribution in [2.45, 2.75) is 12.8 Å². The molecule has 2 rings (SSSR count). The Bertz CT molecular complexity index is 618. The number of carboxylic acids is 2. The number of carbonyl (C=O) groups is 3. The molecule has 0 unspecified atom stereocenters. The number of nitrogens with two attached hydrogens (primary N) is 1. The van der Waals surface area contributed by atoms with Gasteiger partial charge in [0.05, 0.1) is 24.8 Å². The number of primary amides is 1. The molecule has 0 saturated heterocycles. The first kappa shape index (κ1) is 19.5. The van der Waals surface area contributed by atoms with Gasteiger partial charge in [-0.15, -0.1) is 4.37 Å². The Morgan fingerprint density at radius 2 is 2.00 bits per heavy atom. The Labute approximate surface area is 141 Å². The maximum Gasteiger partial charge on any atom is 0.414 e. The predicted molar refractivity (Wildman–Crippen MR) is 84.6 cm³/mol. The van der Waals surface area contributed by atoms with Crippen LogP contribution in [0.1, 0.15) is 18.5 Å². The summed E-state index contributed by atoms with van der Waals surface area (Å²) in [6.45, 7) is 2.15. The van der Waals surface area contributed by atoms with Crippen LogP contribution in [-0.4, -0.2) is 68.4 Å². The molecular weight excluding hydrogens is 340 g/mol. The molecule has 10 nitrogen and oxygen atoms in total. The molecule has 0 fully saturated rings. The summed E-state index contributed by atoms with van der Waals surface area (Å²) in [7, 11) is 2.07. The zero-order valence-corrected chi connectivity index (χ0v) is 13.8. The minimum atomic E-state index is -1.82. The fourth-order valence-corrected chi connectivity index (χ4v) is 2.32. The molecule has 1 amide bonds. The molecule has 1 aliphatic rings. The lowest BCUT2D eigenvalue weighted by atomic mass is 10.1.